The monoisotopic (exact) mass is 535 g/mol. The van der Waals surface area contributed by atoms with Crippen LogP contribution in [0.25, 0.3) is 0 Å². The van der Waals surface area contributed by atoms with Crippen LogP contribution in [0.1, 0.15) is 63.1 Å². The van der Waals surface area contributed by atoms with Crippen LogP contribution in [0.4, 0.5) is 26.2 Å². The number of aliphatic imine (C=N–C) groups is 2. The van der Waals surface area contributed by atoms with Gasteiger partial charge in [-0.25, -0.2) is 23.7 Å². The van der Waals surface area contributed by atoms with Crippen LogP contribution >= 0.6 is 11.6 Å². The molecule has 4 rings (SSSR count). The van der Waals surface area contributed by atoms with E-state index in [-0.39, 0.29) is 40.8 Å². The molecule has 1 amide bonds. The third-order valence-corrected chi connectivity index (χ3v) is 7.43. The Balaban J connectivity index is 1.70. The van der Waals surface area contributed by atoms with Crippen molar-refractivity contribution < 1.29 is 18.7 Å². The first-order valence-electron chi connectivity index (χ1n) is 12.5. The second-order valence-corrected chi connectivity index (χ2v) is 10.1. The van der Waals surface area contributed by atoms with E-state index in [2.05, 4.69) is 32.3 Å². The molecule has 9 nitrogen and oxygen atoms in total. The number of rotatable bonds is 6. The van der Waals surface area contributed by atoms with Crippen molar-refractivity contribution in [2.24, 2.45) is 21.6 Å². The van der Waals surface area contributed by atoms with Crippen molar-refractivity contribution in [1.29, 1.82) is 0 Å². The van der Waals surface area contributed by atoms with Gasteiger partial charge in [0.25, 0.3) is 0 Å². The summed E-state index contributed by atoms with van der Waals surface area (Å²) in [7, 11) is 0. The Morgan fingerprint density at radius 3 is 2.62 bits per heavy atom. The van der Waals surface area contributed by atoms with Gasteiger partial charge in [0.2, 0.25) is 17.8 Å². The zero-order valence-electron chi connectivity index (χ0n) is 20.7. The number of anilines is 3. The highest BCUT2D eigenvalue weighted by Gasteiger charge is 2.31. The second-order valence-electron chi connectivity index (χ2n) is 9.70. The molecule has 12 heteroatoms. The molecule has 2 aliphatic carbocycles. The van der Waals surface area contributed by atoms with E-state index in [0.717, 1.165) is 31.4 Å². The van der Waals surface area contributed by atoms with Gasteiger partial charge in [-0.1, -0.05) is 11.6 Å². The van der Waals surface area contributed by atoms with Gasteiger partial charge in [0.1, 0.15) is 17.3 Å². The molecule has 0 saturated heterocycles. The lowest BCUT2D eigenvalue weighted by atomic mass is 9.85. The van der Waals surface area contributed by atoms with Crippen molar-refractivity contribution in [2.75, 3.05) is 10.6 Å². The molecule has 0 aliphatic heterocycles. The van der Waals surface area contributed by atoms with Crippen molar-refractivity contribution in [3.63, 3.8) is 0 Å². The van der Waals surface area contributed by atoms with E-state index >= 15 is 0 Å². The highest BCUT2D eigenvalue weighted by molar-refractivity contribution is 6.31. The minimum atomic E-state index is -0.924. The summed E-state index contributed by atoms with van der Waals surface area (Å²) < 4.78 is 31.1. The number of hydrogen-bond donors (Lipinski definition) is 4. The number of hydrogen-bond acceptors (Lipinski definition) is 5. The molecule has 1 heterocycles. The van der Waals surface area contributed by atoms with Crippen LogP contribution in [0, 0.1) is 24.5 Å². The lowest BCUT2D eigenvalue weighted by molar-refractivity contribution is -0.122. The topological polar surface area (TPSA) is 130 Å². The fourth-order valence-corrected chi connectivity index (χ4v) is 5.32. The number of aliphatic hydroxyl groups is 1. The van der Waals surface area contributed by atoms with Crippen LogP contribution in [0.3, 0.4) is 0 Å². The molecule has 0 unspecified atom stereocenters. The third kappa shape index (κ3) is 6.10. The van der Waals surface area contributed by atoms with Crippen molar-refractivity contribution in [3.05, 3.63) is 34.5 Å². The molecule has 0 bridgehead atoms. The first-order chi connectivity index (χ1) is 17.7. The number of nitrogens with one attached hydrogen (secondary N) is 2. The normalized spacial score (nSPS) is 24.5. The fourth-order valence-electron chi connectivity index (χ4n) is 5.16. The average Bonchev–Trinajstić information content (AvgIpc) is 3.18. The molecule has 37 heavy (non-hydrogen) atoms. The zero-order valence-corrected chi connectivity index (χ0v) is 21.4. The summed E-state index contributed by atoms with van der Waals surface area (Å²) in [5.74, 6) is -1.28. The van der Waals surface area contributed by atoms with Gasteiger partial charge in [-0.15, -0.1) is 0 Å². The Kier molecular flexibility index (Phi) is 8.43. The number of carbonyl (C=O) groups is 1. The number of guanidine groups is 1. The minimum Gasteiger partial charge on any atom is -0.393 e. The van der Waals surface area contributed by atoms with E-state index in [1.807, 2.05) is 4.57 Å². The van der Waals surface area contributed by atoms with Crippen molar-refractivity contribution in [2.45, 2.75) is 76.5 Å². The molecule has 0 radical (unpaired) electrons. The van der Waals surface area contributed by atoms with E-state index in [0.29, 0.717) is 43.6 Å². The van der Waals surface area contributed by atoms with E-state index in [1.54, 1.807) is 6.92 Å². The summed E-state index contributed by atoms with van der Waals surface area (Å²) >= 11 is 5.90. The minimum absolute atomic E-state index is 0.105. The molecule has 5 N–H and O–H groups in total. The van der Waals surface area contributed by atoms with Gasteiger partial charge >= 0.3 is 0 Å². The van der Waals surface area contributed by atoms with E-state index < -0.39 is 23.4 Å². The van der Waals surface area contributed by atoms with Gasteiger partial charge in [0, 0.05) is 12.0 Å². The lowest BCUT2D eigenvalue weighted by Crippen LogP contribution is -2.29. The van der Waals surface area contributed by atoms with Crippen LogP contribution in [0.2, 0.25) is 5.02 Å². The molecule has 0 spiro atoms. The predicted octanol–water partition coefficient (Wildman–Crippen LogP) is 4.86. The molecule has 1 aromatic carbocycles. The Morgan fingerprint density at radius 1 is 1.24 bits per heavy atom. The van der Waals surface area contributed by atoms with Crippen molar-refractivity contribution in [3.8, 4) is 0 Å². The predicted molar refractivity (Wildman–Crippen MR) is 141 cm³/mol. The smallest absolute Gasteiger partial charge is 0.223 e. The molecule has 2 aromatic rings. The Labute approximate surface area is 219 Å². The standard InChI is InChI=1S/C25H32ClF2N7O2/c1-13-23(34-24(30-2)32-15-4-3-5-17(36)12-15)35(16-8-6-14(7-9-16)22(29)37)25(31-13)33-21-19(27)11-10-18(26)20(21)28/h10-11,14-17,36H,2-9,12H2,1H3,(H2,29,37)(H,31,33)(H,32,34)/t14?,15-,16?,17+/m0/s1. The fraction of sp³-hybridized carbons (Fsp3) is 0.520. The number of amides is 1. The summed E-state index contributed by atoms with van der Waals surface area (Å²) in [4.78, 5) is 25.0. The van der Waals surface area contributed by atoms with Crippen molar-refractivity contribution in [1.82, 2.24) is 9.55 Å². The highest BCUT2D eigenvalue weighted by atomic mass is 35.5. The quantitative estimate of drug-likeness (QED) is 0.238. The third-order valence-electron chi connectivity index (χ3n) is 7.13. The molecular weight excluding hydrogens is 504 g/mol. The Hall–Kier alpha value is -3.05. The van der Waals surface area contributed by atoms with Crippen LogP contribution in [0.15, 0.2) is 22.1 Å². The first kappa shape index (κ1) is 27.0. The van der Waals surface area contributed by atoms with Gasteiger partial charge < -0.3 is 21.5 Å². The Bertz CT molecular complexity index is 1190. The summed E-state index contributed by atoms with van der Waals surface area (Å²) in [6.07, 6.45) is 4.95. The van der Waals surface area contributed by atoms with Crippen LogP contribution in [-0.2, 0) is 4.79 Å². The maximum atomic E-state index is 14.7. The van der Waals surface area contributed by atoms with Crippen LogP contribution in [0.5, 0.6) is 0 Å². The molecule has 2 saturated carbocycles. The number of halogens is 3. The van der Waals surface area contributed by atoms with E-state index in [9.17, 15) is 18.7 Å². The molecule has 200 valence electrons. The summed E-state index contributed by atoms with van der Waals surface area (Å²) in [6.45, 7) is 5.39. The summed E-state index contributed by atoms with van der Waals surface area (Å²) in [6, 6.07) is 1.98. The van der Waals surface area contributed by atoms with Gasteiger partial charge in [-0.2, -0.15) is 0 Å². The molecule has 2 aliphatic rings. The first-order valence-corrected chi connectivity index (χ1v) is 12.8. The van der Waals surface area contributed by atoms with Crippen LogP contribution < -0.4 is 16.4 Å². The number of imidazole rings is 1. The van der Waals surface area contributed by atoms with Crippen molar-refractivity contribution >= 4 is 47.6 Å². The zero-order chi connectivity index (χ0) is 26.7. The number of aryl methyl sites for hydroxylation is 1. The average molecular weight is 536 g/mol. The highest BCUT2D eigenvalue weighted by Crippen LogP contribution is 2.39. The van der Waals surface area contributed by atoms with E-state index in [1.165, 1.54) is 0 Å². The lowest BCUT2D eigenvalue weighted by Gasteiger charge is -2.30. The molecule has 2 atom stereocenters. The number of carbonyl (C=O) groups excluding carboxylic acids is 1. The number of nitrogens with two attached hydrogens (primary N) is 1. The molecular formula is C25H32ClF2N7O2. The second kappa shape index (κ2) is 11.6. The number of benzene rings is 1. The maximum absolute atomic E-state index is 14.7. The number of aromatic nitrogens is 2. The number of primary amides is 1. The van der Waals surface area contributed by atoms with Gasteiger partial charge in [0.15, 0.2) is 5.82 Å². The number of nitrogens with zero attached hydrogens (tertiary/aromatic N) is 4. The van der Waals surface area contributed by atoms with Crippen LogP contribution in [-0.4, -0.2) is 45.4 Å². The SMILES string of the molecule is C=NC(=N[C@H]1CCC[C@@H](O)C1)Nc1c(C)nc(Nc2c(F)ccc(Cl)c2F)n1C1CCC(C(N)=O)CC1. The summed E-state index contributed by atoms with van der Waals surface area (Å²) in [5, 5.41) is 15.8. The van der Waals surface area contributed by atoms with E-state index in [4.69, 9.17) is 17.3 Å². The largest absolute Gasteiger partial charge is 0.393 e. The van der Waals surface area contributed by atoms with Gasteiger partial charge in [-0.3, -0.25) is 9.36 Å². The number of aliphatic hydroxyl groups excluding tert-OH is 1. The maximum Gasteiger partial charge on any atom is 0.223 e. The Morgan fingerprint density at radius 2 is 1.97 bits per heavy atom. The van der Waals surface area contributed by atoms with Gasteiger partial charge in [-0.05, 0) is 77.1 Å². The van der Waals surface area contributed by atoms with Gasteiger partial charge in [0.05, 0.1) is 22.9 Å². The summed E-state index contributed by atoms with van der Waals surface area (Å²) in [5.41, 5.74) is 5.65. The molecule has 2 fully saturated rings. The molecule has 1 aromatic heterocycles.